The summed E-state index contributed by atoms with van der Waals surface area (Å²) in [5.41, 5.74) is 2.57. The van der Waals surface area contributed by atoms with E-state index in [-0.39, 0.29) is 11.9 Å². The van der Waals surface area contributed by atoms with Crippen molar-refractivity contribution in [1.29, 1.82) is 0 Å². The molecule has 3 aromatic rings. The molecule has 3 heterocycles. The Morgan fingerprint density at radius 1 is 1.27 bits per heavy atom. The molecule has 7 nitrogen and oxygen atoms in total. The van der Waals surface area contributed by atoms with Crippen molar-refractivity contribution < 1.29 is 14.3 Å². The number of anilines is 1. The van der Waals surface area contributed by atoms with Gasteiger partial charge in [0.2, 0.25) is 0 Å². The number of benzene rings is 2. The molecular formula is C22H24N4O3S. The highest BCUT2D eigenvalue weighted by molar-refractivity contribution is 7.22. The van der Waals surface area contributed by atoms with Gasteiger partial charge in [0.25, 0.3) is 5.91 Å². The van der Waals surface area contributed by atoms with Crippen LogP contribution in [0.1, 0.15) is 28.4 Å². The van der Waals surface area contributed by atoms with E-state index in [1.807, 2.05) is 36.4 Å². The van der Waals surface area contributed by atoms with Crippen LogP contribution in [0.5, 0.6) is 11.5 Å². The van der Waals surface area contributed by atoms with Gasteiger partial charge in [-0.2, -0.15) is 0 Å². The number of nitrogens with one attached hydrogen (secondary N) is 2. The molecule has 0 unspecified atom stereocenters. The molecule has 0 radical (unpaired) electrons. The molecule has 1 atom stereocenters. The highest BCUT2D eigenvalue weighted by Gasteiger charge is 2.24. The molecule has 2 N–H and O–H groups in total. The number of thiazole rings is 1. The fourth-order valence-electron chi connectivity index (χ4n) is 3.93. The topological polar surface area (TPSA) is 75.7 Å². The first-order valence-electron chi connectivity index (χ1n) is 10.2. The lowest BCUT2D eigenvalue weighted by molar-refractivity contribution is 0.0925. The molecule has 30 heavy (non-hydrogen) atoms. The normalized spacial score (nSPS) is 18.6. The molecule has 0 bridgehead atoms. The number of carbonyl (C=O) groups is 1. The first-order chi connectivity index (χ1) is 14.7. The van der Waals surface area contributed by atoms with Crippen LogP contribution >= 0.6 is 11.3 Å². The molecule has 1 aromatic heterocycles. The molecule has 1 saturated heterocycles. The molecule has 1 fully saturated rings. The summed E-state index contributed by atoms with van der Waals surface area (Å²) in [4.78, 5) is 20.0. The predicted octanol–water partition coefficient (Wildman–Crippen LogP) is 2.97. The smallest absolute Gasteiger partial charge is 0.251 e. The van der Waals surface area contributed by atoms with Crippen LogP contribution in [-0.4, -0.2) is 50.8 Å². The van der Waals surface area contributed by atoms with E-state index >= 15 is 0 Å². The van der Waals surface area contributed by atoms with Crippen LogP contribution < -0.4 is 25.0 Å². The largest absolute Gasteiger partial charge is 0.497 e. The second-order valence-corrected chi connectivity index (χ2v) is 8.49. The molecule has 0 saturated carbocycles. The summed E-state index contributed by atoms with van der Waals surface area (Å²) in [5, 5.41) is 7.55. The summed E-state index contributed by atoms with van der Waals surface area (Å²) in [5.74, 6) is 1.43. The maximum Gasteiger partial charge on any atom is 0.251 e. The number of hydrogen-bond acceptors (Lipinski definition) is 7. The Morgan fingerprint density at radius 2 is 2.13 bits per heavy atom. The maximum atomic E-state index is 13.0. The second-order valence-electron chi connectivity index (χ2n) is 7.48. The van der Waals surface area contributed by atoms with Gasteiger partial charge >= 0.3 is 0 Å². The molecule has 156 valence electrons. The lowest BCUT2D eigenvalue weighted by Gasteiger charge is -2.27. The second kappa shape index (κ2) is 8.12. The average Bonchev–Trinajstić information content (AvgIpc) is 3.23. The van der Waals surface area contributed by atoms with E-state index in [2.05, 4.69) is 15.5 Å². The number of carbonyl (C=O) groups excluding carboxylic acids is 1. The molecular weight excluding hydrogens is 400 g/mol. The Labute approximate surface area is 179 Å². The first kappa shape index (κ1) is 19.1. The van der Waals surface area contributed by atoms with Gasteiger partial charge in [0, 0.05) is 49.8 Å². The van der Waals surface area contributed by atoms with E-state index < -0.39 is 0 Å². The minimum Gasteiger partial charge on any atom is -0.497 e. The van der Waals surface area contributed by atoms with E-state index in [9.17, 15) is 4.79 Å². The van der Waals surface area contributed by atoms with Crippen molar-refractivity contribution in [1.82, 2.24) is 15.6 Å². The van der Waals surface area contributed by atoms with Gasteiger partial charge < -0.3 is 25.0 Å². The number of amides is 1. The number of rotatable bonds is 4. The number of hydrogen-bond donors (Lipinski definition) is 2. The molecule has 2 aliphatic heterocycles. The van der Waals surface area contributed by atoms with Crippen molar-refractivity contribution in [2.75, 3.05) is 44.8 Å². The third-order valence-electron chi connectivity index (χ3n) is 5.59. The monoisotopic (exact) mass is 424 g/mol. The standard InChI is InChI=1S/C22H24N4O3S/c1-28-15-3-4-16-17(6-11-29-19(16)13-15)24-21(27)14-2-5-18-20(12-14)30-22(25-18)26-9-7-23-8-10-26/h2-5,12-13,17,23H,6-11H2,1H3,(H,24,27)/t17-/m0/s1. The van der Waals surface area contributed by atoms with Crippen molar-refractivity contribution in [2.45, 2.75) is 12.5 Å². The minimum absolute atomic E-state index is 0.0808. The van der Waals surface area contributed by atoms with Crippen molar-refractivity contribution in [2.24, 2.45) is 0 Å². The summed E-state index contributed by atoms with van der Waals surface area (Å²) < 4.78 is 12.1. The Bertz CT molecular complexity index is 1080. The molecule has 5 rings (SSSR count). The van der Waals surface area contributed by atoms with E-state index in [4.69, 9.17) is 14.5 Å². The molecule has 8 heteroatoms. The molecule has 2 aliphatic rings. The van der Waals surface area contributed by atoms with Gasteiger partial charge in [0.1, 0.15) is 11.5 Å². The van der Waals surface area contributed by atoms with Crippen LogP contribution in [0.15, 0.2) is 36.4 Å². The van der Waals surface area contributed by atoms with Gasteiger partial charge in [0.05, 0.1) is 30.0 Å². The highest BCUT2D eigenvalue weighted by Crippen LogP contribution is 2.35. The van der Waals surface area contributed by atoms with Crippen molar-refractivity contribution in [3.63, 3.8) is 0 Å². The molecule has 1 amide bonds. The van der Waals surface area contributed by atoms with Crippen molar-refractivity contribution in [3.05, 3.63) is 47.5 Å². The summed E-state index contributed by atoms with van der Waals surface area (Å²) in [6.45, 7) is 4.43. The zero-order valence-electron chi connectivity index (χ0n) is 16.8. The van der Waals surface area contributed by atoms with Crippen molar-refractivity contribution >= 4 is 32.6 Å². The van der Waals surface area contributed by atoms with E-state index in [0.29, 0.717) is 12.2 Å². The summed E-state index contributed by atoms with van der Waals surface area (Å²) in [7, 11) is 1.63. The predicted molar refractivity (Wildman–Crippen MR) is 118 cm³/mol. The Balaban J connectivity index is 1.35. The van der Waals surface area contributed by atoms with Crippen LogP contribution in [0.4, 0.5) is 5.13 Å². The lowest BCUT2D eigenvalue weighted by atomic mass is 10.00. The fraction of sp³-hybridized carbons (Fsp3) is 0.364. The Morgan fingerprint density at radius 3 is 2.97 bits per heavy atom. The third kappa shape index (κ3) is 3.68. The van der Waals surface area contributed by atoms with Gasteiger partial charge in [-0.05, 0) is 30.3 Å². The molecule has 2 aromatic carbocycles. The number of methoxy groups -OCH3 is 1. The number of ether oxygens (including phenoxy) is 2. The van der Waals surface area contributed by atoms with E-state index in [1.165, 1.54) is 0 Å². The van der Waals surface area contributed by atoms with E-state index in [0.717, 1.165) is 65.0 Å². The van der Waals surface area contributed by atoms with Gasteiger partial charge in [-0.25, -0.2) is 4.98 Å². The highest BCUT2D eigenvalue weighted by atomic mass is 32.1. The van der Waals surface area contributed by atoms with Crippen LogP contribution in [-0.2, 0) is 0 Å². The van der Waals surface area contributed by atoms with Crippen LogP contribution in [0.3, 0.4) is 0 Å². The number of nitrogens with zero attached hydrogens (tertiary/aromatic N) is 2. The first-order valence-corrected chi connectivity index (χ1v) is 11.0. The zero-order chi connectivity index (χ0) is 20.5. The van der Waals surface area contributed by atoms with Gasteiger partial charge in [0.15, 0.2) is 5.13 Å². The molecule has 0 aliphatic carbocycles. The van der Waals surface area contributed by atoms with Gasteiger partial charge in [-0.15, -0.1) is 0 Å². The lowest BCUT2D eigenvalue weighted by Crippen LogP contribution is -2.43. The maximum absolute atomic E-state index is 13.0. The minimum atomic E-state index is -0.0827. The third-order valence-corrected chi connectivity index (χ3v) is 6.67. The summed E-state index contributed by atoms with van der Waals surface area (Å²) in [6.07, 6.45) is 0.737. The number of fused-ring (bicyclic) bond motifs is 2. The zero-order valence-corrected chi connectivity index (χ0v) is 17.6. The fourth-order valence-corrected chi connectivity index (χ4v) is 4.99. The quantitative estimate of drug-likeness (QED) is 0.671. The van der Waals surface area contributed by atoms with Crippen molar-refractivity contribution in [3.8, 4) is 11.5 Å². The number of aromatic nitrogens is 1. The van der Waals surface area contributed by atoms with Gasteiger partial charge in [-0.1, -0.05) is 11.3 Å². The Kier molecular flexibility index (Phi) is 5.18. The van der Waals surface area contributed by atoms with E-state index in [1.54, 1.807) is 18.4 Å². The van der Waals surface area contributed by atoms with Crippen LogP contribution in [0.25, 0.3) is 10.2 Å². The SMILES string of the molecule is COc1ccc2c(c1)OCC[C@@H]2NC(=O)c1ccc2nc(N3CCNCC3)sc2c1. The Hall–Kier alpha value is -2.84. The summed E-state index contributed by atoms with van der Waals surface area (Å²) in [6, 6.07) is 11.4. The number of piperazine rings is 1. The van der Waals surface area contributed by atoms with Gasteiger partial charge in [-0.3, -0.25) is 4.79 Å². The van der Waals surface area contributed by atoms with Crippen LogP contribution in [0.2, 0.25) is 0 Å². The molecule has 0 spiro atoms. The average molecular weight is 425 g/mol. The van der Waals surface area contributed by atoms with Crippen LogP contribution in [0, 0.1) is 0 Å². The summed E-state index contributed by atoms with van der Waals surface area (Å²) >= 11 is 1.65.